The summed E-state index contributed by atoms with van der Waals surface area (Å²) in [7, 11) is 0. The molecule has 0 unspecified atom stereocenters. The number of alkyl halides is 4. The van der Waals surface area contributed by atoms with Crippen molar-refractivity contribution in [1.82, 2.24) is 9.97 Å². The van der Waals surface area contributed by atoms with Gasteiger partial charge in [-0.15, -0.1) is 0 Å². The Hall–Kier alpha value is -3.52. The number of amides is 2. The molecule has 0 bridgehead atoms. The van der Waals surface area contributed by atoms with E-state index in [0.717, 1.165) is 22.7 Å². The highest BCUT2D eigenvalue weighted by atomic mass is 32.1. The predicted octanol–water partition coefficient (Wildman–Crippen LogP) is 5.55. The molecule has 0 atom stereocenters. The third kappa shape index (κ3) is 4.91. The van der Waals surface area contributed by atoms with Crippen LogP contribution in [-0.2, 0) is 9.59 Å². The van der Waals surface area contributed by atoms with E-state index in [9.17, 15) is 27.2 Å². The minimum atomic E-state index is -5.38. The van der Waals surface area contributed by atoms with E-state index >= 15 is 0 Å². The molecular formula is C22H18F4N4O4S2. The lowest BCUT2D eigenvalue weighted by Crippen LogP contribution is -2.56. The highest BCUT2D eigenvalue weighted by molar-refractivity contribution is 7.22. The second-order valence-corrected chi connectivity index (χ2v) is 9.28. The first-order valence-corrected chi connectivity index (χ1v) is 12.1. The minimum absolute atomic E-state index is 0.337. The summed E-state index contributed by atoms with van der Waals surface area (Å²) in [6.07, 6.45) is 0. The second-order valence-electron chi connectivity index (χ2n) is 7.22. The van der Waals surface area contributed by atoms with Crippen molar-refractivity contribution in [3.63, 3.8) is 0 Å². The van der Waals surface area contributed by atoms with Gasteiger partial charge in [0.15, 0.2) is 10.3 Å². The maximum Gasteiger partial charge on any atom is 0.396 e. The fraction of sp³-hybridized carbons (Fsp3) is 0.273. The standard InChI is InChI=1S/C22H18F4N4O4S2/c1-3-33-11-5-7-13-15(9-11)35-19(27-13)29-17(31)21(23,24)22(25,26)18(32)30-20-28-14-8-6-12(34-4-2)10-16(14)36-20/h5-10H,3-4H2,1-2H3,(H,27,29,31)(H,28,30,32). The van der Waals surface area contributed by atoms with Crippen molar-refractivity contribution in [3.8, 4) is 11.5 Å². The maximum atomic E-state index is 14.5. The molecule has 0 saturated carbocycles. The molecule has 2 aromatic heterocycles. The van der Waals surface area contributed by atoms with Gasteiger partial charge in [-0.05, 0) is 50.2 Å². The number of hydrogen-bond acceptors (Lipinski definition) is 8. The van der Waals surface area contributed by atoms with Crippen LogP contribution in [-0.4, -0.2) is 46.8 Å². The molecule has 0 aliphatic carbocycles. The SMILES string of the molecule is CCOc1ccc2nc(NC(=O)C(F)(F)C(F)(F)C(=O)Nc3nc4ccc(OCC)cc4s3)sc2c1. The van der Waals surface area contributed by atoms with Gasteiger partial charge in [-0.3, -0.25) is 20.2 Å². The normalized spacial score (nSPS) is 12.1. The number of benzene rings is 2. The topological polar surface area (TPSA) is 102 Å². The average molecular weight is 543 g/mol. The van der Waals surface area contributed by atoms with Crippen molar-refractivity contribution in [2.45, 2.75) is 25.7 Å². The van der Waals surface area contributed by atoms with Crippen LogP contribution >= 0.6 is 22.7 Å². The van der Waals surface area contributed by atoms with E-state index < -0.39 is 23.7 Å². The number of carbonyl (C=O) groups is 2. The van der Waals surface area contributed by atoms with Gasteiger partial charge in [0.25, 0.3) is 0 Å². The lowest BCUT2D eigenvalue weighted by atomic mass is 10.1. The largest absolute Gasteiger partial charge is 0.494 e. The van der Waals surface area contributed by atoms with E-state index in [0.29, 0.717) is 45.1 Å². The van der Waals surface area contributed by atoms with E-state index in [1.807, 2.05) is 0 Å². The monoisotopic (exact) mass is 542 g/mol. The molecule has 2 amide bonds. The Kier molecular flexibility index (Phi) is 7.00. The van der Waals surface area contributed by atoms with Crippen LogP contribution in [0, 0.1) is 0 Å². The molecule has 2 heterocycles. The Morgan fingerprint density at radius 1 is 0.778 bits per heavy atom. The summed E-state index contributed by atoms with van der Waals surface area (Å²) in [5.41, 5.74) is 0.685. The smallest absolute Gasteiger partial charge is 0.396 e. The quantitative estimate of drug-likeness (QED) is 0.269. The fourth-order valence-corrected chi connectivity index (χ4v) is 4.84. The van der Waals surface area contributed by atoms with Crippen LogP contribution < -0.4 is 20.1 Å². The molecule has 0 spiro atoms. The van der Waals surface area contributed by atoms with Gasteiger partial charge in [-0.1, -0.05) is 22.7 Å². The van der Waals surface area contributed by atoms with Crippen molar-refractivity contribution in [2.75, 3.05) is 23.8 Å². The molecular weight excluding hydrogens is 524 g/mol. The first-order chi connectivity index (χ1) is 17.0. The number of rotatable bonds is 9. The molecule has 0 fully saturated rings. The number of aromatic nitrogens is 2. The van der Waals surface area contributed by atoms with Gasteiger partial charge in [-0.25, -0.2) is 9.97 Å². The summed E-state index contributed by atoms with van der Waals surface area (Å²) >= 11 is 1.58. The summed E-state index contributed by atoms with van der Waals surface area (Å²) in [6, 6.07) is 9.38. The zero-order valence-electron chi connectivity index (χ0n) is 18.7. The first kappa shape index (κ1) is 25.6. The van der Waals surface area contributed by atoms with Crippen LogP contribution in [0.5, 0.6) is 11.5 Å². The van der Waals surface area contributed by atoms with Crippen LogP contribution in [0.25, 0.3) is 20.4 Å². The van der Waals surface area contributed by atoms with Gasteiger partial charge in [0.05, 0.1) is 33.6 Å². The number of anilines is 2. The Morgan fingerprint density at radius 3 is 1.53 bits per heavy atom. The number of fused-ring (bicyclic) bond motifs is 2. The molecule has 8 nitrogen and oxygen atoms in total. The van der Waals surface area contributed by atoms with E-state index in [-0.39, 0.29) is 10.3 Å². The van der Waals surface area contributed by atoms with Gasteiger partial charge in [0.1, 0.15) is 11.5 Å². The summed E-state index contributed by atoms with van der Waals surface area (Å²) in [6.45, 7) is 4.33. The average Bonchev–Trinajstić information content (AvgIpc) is 3.41. The lowest BCUT2D eigenvalue weighted by Gasteiger charge is -2.23. The third-order valence-electron chi connectivity index (χ3n) is 4.75. The van der Waals surface area contributed by atoms with Gasteiger partial charge in [0, 0.05) is 0 Å². The predicted molar refractivity (Wildman–Crippen MR) is 129 cm³/mol. The molecule has 2 aromatic carbocycles. The zero-order chi connectivity index (χ0) is 26.1. The molecule has 4 rings (SSSR count). The van der Waals surface area contributed by atoms with Gasteiger partial charge in [0.2, 0.25) is 0 Å². The van der Waals surface area contributed by atoms with Crippen LogP contribution in [0.4, 0.5) is 27.8 Å². The number of halogens is 4. The second kappa shape index (κ2) is 9.85. The number of thiazole rings is 2. The number of nitrogens with zero attached hydrogens (tertiary/aromatic N) is 2. The van der Waals surface area contributed by atoms with Gasteiger partial charge < -0.3 is 9.47 Å². The number of ether oxygens (including phenoxy) is 2. The Labute approximate surface area is 209 Å². The van der Waals surface area contributed by atoms with Crippen LogP contribution in [0.3, 0.4) is 0 Å². The van der Waals surface area contributed by atoms with Crippen molar-refractivity contribution in [1.29, 1.82) is 0 Å². The van der Waals surface area contributed by atoms with E-state index in [1.165, 1.54) is 12.1 Å². The molecule has 0 aliphatic heterocycles. The summed E-state index contributed by atoms with van der Waals surface area (Å²) < 4.78 is 69.6. The van der Waals surface area contributed by atoms with Crippen molar-refractivity contribution >= 4 is 65.2 Å². The molecule has 0 aliphatic rings. The number of hydrogen-bond donors (Lipinski definition) is 2. The van der Waals surface area contributed by atoms with Crippen LogP contribution in [0.15, 0.2) is 36.4 Å². The van der Waals surface area contributed by atoms with Crippen molar-refractivity contribution < 1.29 is 36.6 Å². The van der Waals surface area contributed by atoms with Crippen molar-refractivity contribution in [2.24, 2.45) is 0 Å². The molecule has 190 valence electrons. The third-order valence-corrected chi connectivity index (χ3v) is 6.61. The molecule has 14 heteroatoms. The van der Waals surface area contributed by atoms with Crippen LogP contribution in [0.2, 0.25) is 0 Å². The van der Waals surface area contributed by atoms with Gasteiger partial charge >= 0.3 is 23.7 Å². The molecule has 2 N–H and O–H groups in total. The van der Waals surface area contributed by atoms with E-state index in [1.54, 1.807) is 48.7 Å². The number of nitrogens with one attached hydrogen (secondary N) is 2. The van der Waals surface area contributed by atoms with E-state index in [4.69, 9.17) is 9.47 Å². The Bertz CT molecular complexity index is 1330. The highest BCUT2D eigenvalue weighted by Gasteiger charge is 2.67. The van der Waals surface area contributed by atoms with E-state index in [2.05, 4.69) is 9.97 Å². The summed E-state index contributed by atoms with van der Waals surface area (Å²) in [5.74, 6) is -14.5. The van der Waals surface area contributed by atoms with Crippen LogP contribution in [0.1, 0.15) is 13.8 Å². The molecule has 0 radical (unpaired) electrons. The van der Waals surface area contributed by atoms with Crippen molar-refractivity contribution in [3.05, 3.63) is 36.4 Å². The van der Waals surface area contributed by atoms with Gasteiger partial charge in [-0.2, -0.15) is 17.6 Å². The maximum absolute atomic E-state index is 14.5. The molecule has 4 aromatic rings. The fourth-order valence-electron chi connectivity index (χ4n) is 3.07. The highest BCUT2D eigenvalue weighted by Crippen LogP contribution is 2.38. The summed E-state index contributed by atoms with van der Waals surface area (Å²) in [5, 5.41) is 2.68. The molecule has 36 heavy (non-hydrogen) atoms. The minimum Gasteiger partial charge on any atom is -0.494 e. The Morgan fingerprint density at radius 2 is 1.17 bits per heavy atom. The summed E-state index contributed by atoms with van der Waals surface area (Å²) in [4.78, 5) is 32.1. The first-order valence-electron chi connectivity index (χ1n) is 10.5. The lowest BCUT2D eigenvalue weighted by molar-refractivity contribution is -0.204. The zero-order valence-corrected chi connectivity index (χ0v) is 20.4. The molecule has 0 saturated heterocycles. The Balaban J connectivity index is 1.49. The number of carbonyl (C=O) groups excluding carboxylic acids is 2.